The van der Waals surface area contributed by atoms with Crippen LogP contribution in [0.5, 0.6) is 0 Å². The van der Waals surface area contributed by atoms with Crippen molar-refractivity contribution in [1.29, 1.82) is 0 Å². The molecule has 0 fully saturated rings. The molecule has 1 N–H and O–H groups in total. The van der Waals surface area contributed by atoms with E-state index in [1.54, 1.807) is 30.7 Å². The smallest absolute Gasteiger partial charge is 0.261 e. The summed E-state index contributed by atoms with van der Waals surface area (Å²) < 4.78 is 3.23. The molecule has 140 valence electrons. The first kappa shape index (κ1) is 17.7. The normalized spacial score (nSPS) is 12.0. The lowest BCUT2D eigenvalue weighted by atomic mass is 10.1. The summed E-state index contributed by atoms with van der Waals surface area (Å²) in [6, 6.07) is 14.8. The number of benzene rings is 2. The van der Waals surface area contributed by atoms with Gasteiger partial charge in [0.2, 0.25) is 5.91 Å². The Balaban J connectivity index is 1.45. The molecule has 28 heavy (non-hydrogen) atoms. The highest BCUT2D eigenvalue weighted by atomic mass is 16.2. The Hall–Kier alpha value is -3.74. The van der Waals surface area contributed by atoms with Gasteiger partial charge in [-0.15, -0.1) is 0 Å². The fraction of sp³-hybridized carbons (Fsp3) is 0.143. The molecule has 7 nitrogen and oxygen atoms in total. The van der Waals surface area contributed by atoms with Crippen molar-refractivity contribution >= 4 is 16.8 Å². The van der Waals surface area contributed by atoms with Crippen LogP contribution in [-0.2, 0) is 11.3 Å². The molecule has 0 aliphatic heterocycles. The number of imidazole rings is 1. The van der Waals surface area contributed by atoms with Crippen molar-refractivity contribution in [2.24, 2.45) is 0 Å². The maximum absolute atomic E-state index is 12.5. The predicted molar refractivity (Wildman–Crippen MR) is 106 cm³/mol. The maximum Gasteiger partial charge on any atom is 0.261 e. The van der Waals surface area contributed by atoms with E-state index >= 15 is 0 Å². The molecule has 4 rings (SSSR count). The number of para-hydroxylation sites is 1. The minimum atomic E-state index is -0.245. The van der Waals surface area contributed by atoms with Gasteiger partial charge in [-0.3, -0.25) is 14.2 Å². The summed E-state index contributed by atoms with van der Waals surface area (Å²) in [5, 5.41) is 3.43. The van der Waals surface area contributed by atoms with E-state index in [0.29, 0.717) is 10.9 Å². The van der Waals surface area contributed by atoms with Gasteiger partial charge in [-0.25, -0.2) is 9.97 Å². The summed E-state index contributed by atoms with van der Waals surface area (Å²) in [7, 11) is 0. The van der Waals surface area contributed by atoms with Crippen molar-refractivity contribution in [3.05, 3.63) is 89.5 Å². The average molecular weight is 373 g/mol. The van der Waals surface area contributed by atoms with Gasteiger partial charge in [0.05, 0.1) is 29.6 Å². The number of hydrogen-bond donors (Lipinski definition) is 1. The van der Waals surface area contributed by atoms with Crippen LogP contribution < -0.4 is 10.9 Å². The van der Waals surface area contributed by atoms with Gasteiger partial charge in [0.25, 0.3) is 5.56 Å². The third-order valence-corrected chi connectivity index (χ3v) is 4.62. The molecule has 0 aliphatic carbocycles. The molecule has 2 aromatic heterocycles. The number of nitrogens with one attached hydrogen (secondary N) is 1. The second kappa shape index (κ2) is 7.48. The monoisotopic (exact) mass is 373 g/mol. The zero-order chi connectivity index (χ0) is 19.5. The Kier molecular flexibility index (Phi) is 4.72. The Morgan fingerprint density at radius 3 is 2.64 bits per heavy atom. The van der Waals surface area contributed by atoms with Crippen molar-refractivity contribution < 1.29 is 4.79 Å². The number of fused-ring (bicyclic) bond motifs is 1. The Morgan fingerprint density at radius 1 is 1.11 bits per heavy atom. The molecular formula is C21H19N5O2. The lowest BCUT2D eigenvalue weighted by Crippen LogP contribution is -2.34. The first-order valence-electron chi connectivity index (χ1n) is 8.93. The van der Waals surface area contributed by atoms with Gasteiger partial charge in [-0.2, -0.15) is 0 Å². The van der Waals surface area contributed by atoms with Gasteiger partial charge < -0.3 is 9.88 Å². The second-order valence-corrected chi connectivity index (χ2v) is 6.55. The molecule has 0 spiro atoms. The third-order valence-electron chi connectivity index (χ3n) is 4.62. The fourth-order valence-electron chi connectivity index (χ4n) is 3.09. The third kappa shape index (κ3) is 3.55. The Morgan fingerprint density at radius 2 is 1.89 bits per heavy atom. The van der Waals surface area contributed by atoms with Crippen LogP contribution in [0.1, 0.15) is 18.5 Å². The van der Waals surface area contributed by atoms with Crippen molar-refractivity contribution in [3.8, 4) is 5.69 Å². The minimum Gasteiger partial charge on any atom is -0.348 e. The summed E-state index contributed by atoms with van der Waals surface area (Å²) in [5.74, 6) is -0.245. The number of amides is 1. The minimum absolute atomic E-state index is 0.0753. The van der Waals surface area contributed by atoms with Crippen LogP contribution >= 0.6 is 0 Å². The molecule has 0 saturated heterocycles. The van der Waals surface area contributed by atoms with Crippen molar-refractivity contribution in [3.63, 3.8) is 0 Å². The zero-order valence-corrected chi connectivity index (χ0v) is 15.3. The van der Waals surface area contributed by atoms with Crippen LogP contribution in [0.15, 0.2) is 78.4 Å². The molecule has 2 heterocycles. The SMILES string of the molecule is CC(NC(=O)Cn1cnc2ccccc2c1=O)c1ccc(-n2ccnc2)cc1. The van der Waals surface area contributed by atoms with Crippen LogP contribution in [0.4, 0.5) is 0 Å². The van der Waals surface area contributed by atoms with Crippen LogP contribution in [0.25, 0.3) is 16.6 Å². The van der Waals surface area contributed by atoms with Crippen LogP contribution in [0.3, 0.4) is 0 Å². The highest BCUT2D eigenvalue weighted by Gasteiger charge is 2.12. The van der Waals surface area contributed by atoms with Gasteiger partial charge in [0.1, 0.15) is 6.54 Å². The molecule has 0 radical (unpaired) electrons. The number of carbonyl (C=O) groups is 1. The van der Waals surface area contributed by atoms with Crippen LogP contribution in [-0.4, -0.2) is 25.0 Å². The highest BCUT2D eigenvalue weighted by molar-refractivity contribution is 5.79. The molecule has 0 saturated carbocycles. The molecule has 1 amide bonds. The fourth-order valence-corrected chi connectivity index (χ4v) is 3.09. The van der Waals surface area contributed by atoms with Crippen molar-refractivity contribution in [2.75, 3.05) is 0 Å². The largest absolute Gasteiger partial charge is 0.348 e. The summed E-state index contributed by atoms with van der Waals surface area (Å²) >= 11 is 0. The van der Waals surface area contributed by atoms with Gasteiger partial charge >= 0.3 is 0 Å². The lowest BCUT2D eigenvalue weighted by Gasteiger charge is -2.15. The van der Waals surface area contributed by atoms with E-state index in [9.17, 15) is 9.59 Å². The average Bonchev–Trinajstić information content (AvgIpc) is 3.25. The van der Waals surface area contributed by atoms with E-state index in [1.807, 2.05) is 48.0 Å². The topological polar surface area (TPSA) is 81.8 Å². The number of carbonyl (C=O) groups excluding carboxylic acids is 1. The Bertz CT molecular complexity index is 1160. The van der Waals surface area contributed by atoms with Gasteiger partial charge in [-0.1, -0.05) is 24.3 Å². The Labute approximate surface area is 161 Å². The van der Waals surface area contributed by atoms with Crippen LogP contribution in [0.2, 0.25) is 0 Å². The highest BCUT2D eigenvalue weighted by Crippen LogP contribution is 2.15. The van der Waals surface area contributed by atoms with E-state index in [2.05, 4.69) is 15.3 Å². The van der Waals surface area contributed by atoms with Gasteiger partial charge in [-0.05, 0) is 36.8 Å². The van der Waals surface area contributed by atoms with E-state index in [1.165, 1.54) is 10.9 Å². The molecule has 2 aromatic carbocycles. The van der Waals surface area contributed by atoms with Crippen LogP contribution in [0, 0.1) is 0 Å². The van der Waals surface area contributed by atoms with Gasteiger partial charge in [0, 0.05) is 18.1 Å². The van der Waals surface area contributed by atoms with Crippen molar-refractivity contribution in [2.45, 2.75) is 19.5 Å². The number of nitrogens with zero attached hydrogens (tertiary/aromatic N) is 4. The lowest BCUT2D eigenvalue weighted by molar-refractivity contribution is -0.122. The standard InChI is InChI=1S/C21H19N5O2/c1-15(16-6-8-17(9-7-16)25-11-10-22-13-25)24-20(27)12-26-14-23-19-5-3-2-4-18(19)21(26)28/h2-11,13-15H,12H2,1H3,(H,24,27). The molecular weight excluding hydrogens is 354 g/mol. The number of hydrogen-bond acceptors (Lipinski definition) is 4. The number of aromatic nitrogens is 4. The van der Waals surface area contributed by atoms with Crippen molar-refractivity contribution in [1.82, 2.24) is 24.4 Å². The predicted octanol–water partition coefficient (Wildman–Crippen LogP) is 2.46. The summed E-state index contributed by atoms with van der Waals surface area (Å²) in [6.45, 7) is 1.83. The van der Waals surface area contributed by atoms with E-state index in [4.69, 9.17) is 0 Å². The summed E-state index contributed by atoms with van der Waals surface area (Å²) in [4.78, 5) is 33.2. The van der Waals surface area contributed by atoms with E-state index < -0.39 is 0 Å². The second-order valence-electron chi connectivity index (χ2n) is 6.55. The van der Waals surface area contributed by atoms with E-state index in [-0.39, 0.29) is 24.1 Å². The first-order chi connectivity index (χ1) is 13.6. The molecule has 0 bridgehead atoms. The summed E-state index contributed by atoms with van der Waals surface area (Å²) in [6.07, 6.45) is 6.74. The number of rotatable bonds is 5. The zero-order valence-electron chi connectivity index (χ0n) is 15.3. The van der Waals surface area contributed by atoms with Gasteiger partial charge in [0.15, 0.2) is 0 Å². The molecule has 1 unspecified atom stereocenters. The van der Waals surface area contributed by atoms with E-state index in [0.717, 1.165) is 11.3 Å². The molecule has 1 atom stereocenters. The molecule has 0 aliphatic rings. The quantitative estimate of drug-likeness (QED) is 0.583. The molecule has 7 heteroatoms. The first-order valence-corrected chi connectivity index (χ1v) is 8.93. The molecule has 4 aromatic rings. The maximum atomic E-state index is 12.5. The summed E-state index contributed by atoms with van der Waals surface area (Å²) in [5.41, 5.74) is 2.36.